The van der Waals surface area contributed by atoms with Gasteiger partial charge in [-0.2, -0.15) is 0 Å². The molecule has 1 atom stereocenters. The number of hydrogen-bond donors (Lipinski definition) is 2. The van der Waals surface area contributed by atoms with Crippen LogP contribution >= 0.6 is 0 Å². The number of H-pyrrole nitrogens is 1. The number of likely N-dealkylation sites (tertiary alicyclic amines) is 1. The summed E-state index contributed by atoms with van der Waals surface area (Å²) in [5, 5.41) is 0. The highest BCUT2D eigenvalue weighted by Gasteiger charge is 2.23. The number of piperidine rings is 1. The minimum absolute atomic E-state index is 0.121. The number of primary amides is 1. The van der Waals surface area contributed by atoms with E-state index >= 15 is 0 Å². The van der Waals surface area contributed by atoms with Crippen molar-refractivity contribution in [3.8, 4) is 0 Å². The van der Waals surface area contributed by atoms with E-state index in [1.165, 1.54) is 6.07 Å². The highest BCUT2D eigenvalue weighted by atomic mass is 16.1. The maximum atomic E-state index is 11.4. The Kier molecular flexibility index (Phi) is 3.76. The fourth-order valence-electron chi connectivity index (χ4n) is 2.44. The summed E-state index contributed by atoms with van der Waals surface area (Å²) < 4.78 is 0. The van der Waals surface area contributed by atoms with Gasteiger partial charge in [-0.15, -0.1) is 0 Å². The Balaban J connectivity index is 2.12. The van der Waals surface area contributed by atoms with E-state index in [9.17, 15) is 9.59 Å². The van der Waals surface area contributed by atoms with Crippen molar-refractivity contribution in [1.82, 2.24) is 14.9 Å². The van der Waals surface area contributed by atoms with Gasteiger partial charge in [0.1, 0.15) is 5.82 Å². The number of aromatic nitrogens is 2. The second-order valence-corrected chi connectivity index (χ2v) is 4.81. The Bertz CT molecular complexity index is 497. The number of aryl methyl sites for hydroxylation is 1. The van der Waals surface area contributed by atoms with Gasteiger partial charge in [-0.1, -0.05) is 0 Å². The van der Waals surface area contributed by atoms with Gasteiger partial charge in [-0.3, -0.25) is 14.5 Å². The topological polar surface area (TPSA) is 92.1 Å². The van der Waals surface area contributed by atoms with Crippen LogP contribution in [0.1, 0.15) is 30.3 Å². The molecule has 18 heavy (non-hydrogen) atoms. The van der Waals surface area contributed by atoms with Crippen LogP contribution in [-0.2, 0) is 4.79 Å². The molecule has 0 unspecified atom stereocenters. The second-order valence-electron chi connectivity index (χ2n) is 4.81. The quantitative estimate of drug-likeness (QED) is 0.773. The highest BCUT2D eigenvalue weighted by molar-refractivity contribution is 5.75. The molecule has 1 aliphatic heterocycles. The van der Waals surface area contributed by atoms with Crippen molar-refractivity contribution in [3.63, 3.8) is 0 Å². The number of carbonyl (C=O) groups excluding carboxylic acids is 1. The van der Waals surface area contributed by atoms with Gasteiger partial charge >= 0.3 is 0 Å². The van der Waals surface area contributed by atoms with Crippen molar-refractivity contribution in [2.45, 2.75) is 25.7 Å². The van der Waals surface area contributed by atoms with E-state index in [1.807, 2.05) is 11.8 Å². The zero-order valence-corrected chi connectivity index (χ0v) is 10.5. The van der Waals surface area contributed by atoms with Crippen LogP contribution in [0.4, 0.5) is 0 Å². The lowest BCUT2D eigenvalue weighted by Crippen LogP contribution is -2.40. The zero-order chi connectivity index (χ0) is 13.1. The predicted molar refractivity (Wildman–Crippen MR) is 67.2 cm³/mol. The van der Waals surface area contributed by atoms with E-state index < -0.39 is 0 Å². The van der Waals surface area contributed by atoms with E-state index in [0.29, 0.717) is 5.82 Å². The maximum absolute atomic E-state index is 11.4. The largest absolute Gasteiger partial charge is 0.369 e. The average Bonchev–Trinajstić information content (AvgIpc) is 2.27. The third-order valence-electron chi connectivity index (χ3n) is 3.16. The molecule has 2 rings (SSSR count). The van der Waals surface area contributed by atoms with Crippen molar-refractivity contribution in [2.75, 3.05) is 19.6 Å². The normalized spacial score (nSPS) is 20.8. The summed E-state index contributed by atoms with van der Waals surface area (Å²) in [6, 6.07) is 1.48. The first-order valence-corrected chi connectivity index (χ1v) is 6.13. The standard InChI is InChI=1S/C12H18N4O2/c1-8-5-11(18)15-12(14-8)9-3-2-4-16(6-9)7-10(13)17/h5,9H,2-4,6-7H2,1H3,(H2,13,17)(H,14,15,18)/t9-/m0/s1. The van der Waals surface area contributed by atoms with Crippen LogP contribution in [0.25, 0.3) is 0 Å². The van der Waals surface area contributed by atoms with Gasteiger partial charge < -0.3 is 10.7 Å². The molecule has 6 heteroatoms. The summed E-state index contributed by atoms with van der Waals surface area (Å²) in [6.45, 7) is 3.67. The number of nitrogens with two attached hydrogens (primary N) is 1. The molecule has 0 bridgehead atoms. The number of amides is 1. The van der Waals surface area contributed by atoms with Crippen LogP contribution in [0.15, 0.2) is 10.9 Å². The van der Waals surface area contributed by atoms with Gasteiger partial charge in [0, 0.05) is 24.2 Å². The molecule has 1 amide bonds. The van der Waals surface area contributed by atoms with E-state index in [0.717, 1.165) is 31.6 Å². The van der Waals surface area contributed by atoms with Gasteiger partial charge in [0.05, 0.1) is 6.54 Å². The van der Waals surface area contributed by atoms with Gasteiger partial charge in [-0.25, -0.2) is 4.98 Å². The first-order chi connectivity index (χ1) is 8.54. The Morgan fingerprint density at radius 1 is 1.67 bits per heavy atom. The molecule has 0 saturated carbocycles. The summed E-state index contributed by atoms with van der Waals surface area (Å²) in [5.74, 6) is 0.571. The molecule has 0 radical (unpaired) electrons. The van der Waals surface area contributed by atoms with E-state index in [1.54, 1.807) is 0 Å². The average molecular weight is 250 g/mol. The number of carbonyl (C=O) groups is 1. The van der Waals surface area contributed by atoms with Gasteiger partial charge in [-0.05, 0) is 26.3 Å². The van der Waals surface area contributed by atoms with Crippen LogP contribution in [0.5, 0.6) is 0 Å². The van der Waals surface area contributed by atoms with Crippen molar-refractivity contribution >= 4 is 5.91 Å². The van der Waals surface area contributed by atoms with Crippen LogP contribution in [0, 0.1) is 6.92 Å². The summed E-state index contributed by atoms with van der Waals surface area (Å²) in [4.78, 5) is 31.5. The summed E-state index contributed by atoms with van der Waals surface area (Å²) in [5.41, 5.74) is 5.80. The molecule has 1 saturated heterocycles. The van der Waals surface area contributed by atoms with Crippen molar-refractivity contribution in [1.29, 1.82) is 0 Å². The molecule has 2 heterocycles. The summed E-state index contributed by atoms with van der Waals surface area (Å²) in [6.07, 6.45) is 1.96. The predicted octanol–water partition coefficient (Wildman–Crippen LogP) is -0.257. The molecule has 0 aromatic carbocycles. The summed E-state index contributed by atoms with van der Waals surface area (Å²) >= 11 is 0. The van der Waals surface area contributed by atoms with Crippen molar-refractivity contribution in [2.24, 2.45) is 5.73 Å². The van der Waals surface area contributed by atoms with Crippen LogP contribution in [0.3, 0.4) is 0 Å². The monoisotopic (exact) mass is 250 g/mol. The number of rotatable bonds is 3. The minimum atomic E-state index is -0.318. The van der Waals surface area contributed by atoms with Gasteiger partial charge in [0.2, 0.25) is 5.91 Å². The molecule has 3 N–H and O–H groups in total. The second kappa shape index (κ2) is 5.30. The van der Waals surface area contributed by atoms with E-state index in [-0.39, 0.29) is 23.9 Å². The third-order valence-corrected chi connectivity index (χ3v) is 3.16. The molecular weight excluding hydrogens is 232 g/mol. The molecule has 6 nitrogen and oxygen atoms in total. The van der Waals surface area contributed by atoms with Crippen LogP contribution < -0.4 is 11.3 Å². The van der Waals surface area contributed by atoms with Gasteiger partial charge in [0.15, 0.2) is 0 Å². The van der Waals surface area contributed by atoms with Crippen LogP contribution in [0.2, 0.25) is 0 Å². The van der Waals surface area contributed by atoms with Crippen LogP contribution in [-0.4, -0.2) is 40.4 Å². The number of hydrogen-bond acceptors (Lipinski definition) is 4. The Morgan fingerprint density at radius 2 is 2.44 bits per heavy atom. The summed E-state index contributed by atoms with van der Waals surface area (Å²) in [7, 11) is 0. The molecule has 1 aromatic heterocycles. The highest BCUT2D eigenvalue weighted by Crippen LogP contribution is 2.23. The molecule has 0 aliphatic carbocycles. The third kappa shape index (κ3) is 3.16. The lowest BCUT2D eigenvalue weighted by molar-refractivity contribution is -0.119. The first-order valence-electron chi connectivity index (χ1n) is 6.13. The molecular formula is C12H18N4O2. The van der Waals surface area contributed by atoms with E-state index in [2.05, 4.69) is 9.97 Å². The molecule has 98 valence electrons. The molecule has 0 spiro atoms. The maximum Gasteiger partial charge on any atom is 0.251 e. The van der Waals surface area contributed by atoms with Crippen molar-refractivity contribution < 1.29 is 4.79 Å². The number of nitrogens with zero attached hydrogens (tertiary/aromatic N) is 2. The lowest BCUT2D eigenvalue weighted by atomic mass is 9.97. The number of aromatic amines is 1. The Morgan fingerprint density at radius 3 is 3.11 bits per heavy atom. The first kappa shape index (κ1) is 12.8. The zero-order valence-electron chi connectivity index (χ0n) is 10.5. The van der Waals surface area contributed by atoms with E-state index in [4.69, 9.17) is 5.73 Å². The SMILES string of the molecule is Cc1cc(=O)[nH]c([C@H]2CCCN(CC(N)=O)C2)n1. The van der Waals surface area contributed by atoms with Crippen molar-refractivity contribution in [3.05, 3.63) is 27.9 Å². The Labute approximate surface area is 105 Å². The lowest BCUT2D eigenvalue weighted by Gasteiger charge is -2.31. The molecule has 1 aliphatic rings. The molecule has 1 fully saturated rings. The minimum Gasteiger partial charge on any atom is -0.369 e. The number of nitrogens with one attached hydrogen (secondary N) is 1. The van der Waals surface area contributed by atoms with Gasteiger partial charge in [0.25, 0.3) is 5.56 Å². The fourth-order valence-corrected chi connectivity index (χ4v) is 2.44. The molecule has 1 aromatic rings. The Hall–Kier alpha value is -1.69. The smallest absolute Gasteiger partial charge is 0.251 e. The fraction of sp³-hybridized carbons (Fsp3) is 0.583.